The van der Waals surface area contributed by atoms with Gasteiger partial charge in [-0.05, 0) is 5.92 Å². The number of aliphatic carboxylic acids is 1. The lowest BCUT2D eigenvalue weighted by molar-refractivity contribution is -0.385. The summed E-state index contributed by atoms with van der Waals surface area (Å²) in [5.41, 5.74) is -0.184. The molecule has 2 rings (SSSR count). The van der Waals surface area contributed by atoms with Crippen molar-refractivity contribution in [2.24, 2.45) is 11.8 Å². The standard InChI is InChI=1S/C11H14N4O5/c1-7-3-13(5-9(7)11(17)18)10(16)6-14-4-8(2-12-14)15(19)20/h2,4,7,9H,3,5-6H2,1H3,(H,17,18). The minimum absolute atomic E-state index is 0.108. The van der Waals surface area contributed by atoms with E-state index in [4.69, 9.17) is 5.11 Å². The highest BCUT2D eigenvalue weighted by atomic mass is 16.6. The second-order valence-electron chi connectivity index (χ2n) is 4.87. The summed E-state index contributed by atoms with van der Waals surface area (Å²) in [7, 11) is 0. The van der Waals surface area contributed by atoms with Crippen LogP contribution >= 0.6 is 0 Å². The van der Waals surface area contributed by atoms with E-state index in [2.05, 4.69) is 5.10 Å². The number of carboxylic acids is 1. The van der Waals surface area contributed by atoms with Gasteiger partial charge in [-0.1, -0.05) is 6.92 Å². The van der Waals surface area contributed by atoms with Gasteiger partial charge in [0.05, 0.1) is 10.8 Å². The Morgan fingerprint density at radius 2 is 2.25 bits per heavy atom. The molecule has 1 aromatic rings. The van der Waals surface area contributed by atoms with Crippen LogP contribution in [0.2, 0.25) is 0 Å². The van der Waals surface area contributed by atoms with Gasteiger partial charge in [-0.15, -0.1) is 0 Å². The Bertz CT molecular complexity index is 555. The lowest BCUT2D eigenvalue weighted by Crippen LogP contribution is -2.32. The molecule has 0 aliphatic carbocycles. The number of aromatic nitrogens is 2. The van der Waals surface area contributed by atoms with Crippen molar-refractivity contribution in [3.05, 3.63) is 22.5 Å². The molecule has 0 aromatic carbocycles. The monoisotopic (exact) mass is 282 g/mol. The number of carboxylic acid groups (broad SMARTS) is 1. The summed E-state index contributed by atoms with van der Waals surface area (Å²) < 4.78 is 1.18. The number of rotatable bonds is 4. The summed E-state index contributed by atoms with van der Waals surface area (Å²) in [6.45, 7) is 2.19. The number of hydrogen-bond acceptors (Lipinski definition) is 5. The second-order valence-corrected chi connectivity index (χ2v) is 4.87. The Balaban J connectivity index is 1.98. The smallest absolute Gasteiger partial charge is 0.308 e. The molecule has 1 aliphatic rings. The highest BCUT2D eigenvalue weighted by Crippen LogP contribution is 2.23. The number of carbonyl (C=O) groups is 2. The van der Waals surface area contributed by atoms with Crippen LogP contribution in [0.4, 0.5) is 5.69 Å². The van der Waals surface area contributed by atoms with Crippen LogP contribution in [0.3, 0.4) is 0 Å². The van der Waals surface area contributed by atoms with E-state index in [0.29, 0.717) is 6.54 Å². The van der Waals surface area contributed by atoms with Gasteiger partial charge in [-0.2, -0.15) is 5.10 Å². The third-order valence-electron chi connectivity index (χ3n) is 3.41. The fourth-order valence-corrected chi connectivity index (χ4v) is 2.26. The van der Waals surface area contributed by atoms with Gasteiger partial charge in [-0.3, -0.25) is 24.4 Å². The van der Waals surface area contributed by atoms with E-state index in [9.17, 15) is 19.7 Å². The first-order chi connectivity index (χ1) is 9.38. The van der Waals surface area contributed by atoms with Gasteiger partial charge in [0.15, 0.2) is 0 Å². The topological polar surface area (TPSA) is 119 Å². The molecule has 2 unspecified atom stereocenters. The fourth-order valence-electron chi connectivity index (χ4n) is 2.26. The van der Waals surface area contributed by atoms with Crippen molar-refractivity contribution in [3.8, 4) is 0 Å². The minimum Gasteiger partial charge on any atom is -0.481 e. The number of likely N-dealkylation sites (tertiary alicyclic amines) is 1. The molecule has 1 amide bonds. The van der Waals surface area contributed by atoms with Gasteiger partial charge >= 0.3 is 11.7 Å². The first-order valence-corrected chi connectivity index (χ1v) is 6.06. The fraction of sp³-hybridized carbons (Fsp3) is 0.545. The zero-order chi connectivity index (χ0) is 14.9. The summed E-state index contributed by atoms with van der Waals surface area (Å²) in [4.78, 5) is 34.4. The zero-order valence-electron chi connectivity index (χ0n) is 10.8. The van der Waals surface area contributed by atoms with Crippen LogP contribution in [0.25, 0.3) is 0 Å². The van der Waals surface area contributed by atoms with E-state index in [-0.39, 0.29) is 30.6 Å². The number of amides is 1. The molecule has 2 atom stereocenters. The molecule has 1 aromatic heterocycles. The Hall–Kier alpha value is -2.45. The summed E-state index contributed by atoms with van der Waals surface area (Å²) in [6, 6.07) is 0. The third kappa shape index (κ3) is 2.76. The maximum Gasteiger partial charge on any atom is 0.308 e. The van der Waals surface area contributed by atoms with E-state index in [1.165, 1.54) is 15.8 Å². The summed E-state index contributed by atoms with van der Waals surface area (Å²) in [5.74, 6) is -1.88. The van der Waals surface area contributed by atoms with Crippen molar-refractivity contribution < 1.29 is 19.6 Å². The van der Waals surface area contributed by atoms with Gasteiger partial charge < -0.3 is 10.0 Å². The van der Waals surface area contributed by atoms with Gasteiger partial charge in [0.25, 0.3) is 0 Å². The van der Waals surface area contributed by atoms with Crippen LogP contribution in [0.1, 0.15) is 6.92 Å². The van der Waals surface area contributed by atoms with Crippen LogP contribution in [-0.2, 0) is 16.1 Å². The molecule has 1 fully saturated rings. The van der Waals surface area contributed by atoms with Crippen LogP contribution in [-0.4, -0.2) is 49.7 Å². The maximum absolute atomic E-state index is 12.0. The van der Waals surface area contributed by atoms with E-state index in [1.54, 1.807) is 6.92 Å². The van der Waals surface area contributed by atoms with Crippen LogP contribution < -0.4 is 0 Å². The van der Waals surface area contributed by atoms with Crippen molar-refractivity contribution in [2.45, 2.75) is 13.5 Å². The van der Waals surface area contributed by atoms with Crippen molar-refractivity contribution in [2.75, 3.05) is 13.1 Å². The number of nitrogens with zero attached hydrogens (tertiary/aromatic N) is 4. The molecule has 108 valence electrons. The van der Waals surface area contributed by atoms with Gasteiger partial charge in [0, 0.05) is 13.1 Å². The molecule has 0 spiro atoms. The number of nitro groups is 1. The predicted molar refractivity (Wildman–Crippen MR) is 65.8 cm³/mol. The molecular weight excluding hydrogens is 268 g/mol. The Morgan fingerprint density at radius 1 is 1.55 bits per heavy atom. The van der Waals surface area contributed by atoms with Gasteiger partial charge in [-0.25, -0.2) is 0 Å². The quantitative estimate of drug-likeness (QED) is 0.612. The molecule has 0 radical (unpaired) electrons. The van der Waals surface area contributed by atoms with Crippen molar-refractivity contribution in [1.82, 2.24) is 14.7 Å². The summed E-state index contributed by atoms with van der Waals surface area (Å²) in [5, 5.41) is 23.2. The average Bonchev–Trinajstić information content (AvgIpc) is 2.95. The summed E-state index contributed by atoms with van der Waals surface area (Å²) in [6.07, 6.45) is 2.24. The number of carbonyl (C=O) groups excluding carboxylic acids is 1. The van der Waals surface area contributed by atoms with Crippen molar-refractivity contribution in [1.29, 1.82) is 0 Å². The minimum atomic E-state index is -0.914. The lowest BCUT2D eigenvalue weighted by Gasteiger charge is -2.15. The van der Waals surface area contributed by atoms with Gasteiger partial charge in [0.1, 0.15) is 18.9 Å². The van der Waals surface area contributed by atoms with E-state index in [0.717, 1.165) is 6.20 Å². The first-order valence-electron chi connectivity index (χ1n) is 6.06. The molecule has 0 saturated carbocycles. The molecule has 9 nitrogen and oxygen atoms in total. The van der Waals surface area contributed by atoms with Crippen molar-refractivity contribution >= 4 is 17.6 Å². The Kier molecular flexibility index (Phi) is 3.68. The van der Waals surface area contributed by atoms with Gasteiger partial charge in [0.2, 0.25) is 5.91 Å². The molecular formula is C11H14N4O5. The van der Waals surface area contributed by atoms with Crippen LogP contribution in [0.15, 0.2) is 12.4 Å². The Labute approximate surface area is 113 Å². The highest BCUT2D eigenvalue weighted by Gasteiger charge is 2.36. The zero-order valence-corrected chi connectivity index (χ0v) is 10.8. The normalized spacial score (nSPS) is 21.9. The molecule has 1 N–H and O–H groups in total. The SMILES string of the molecule is CC1CN(C(=O)Cn2cc([N+](=O)[O-])cn2)CC1C(=O)O. The third-order valence-corrected chi connectivity index (χ3v) is 3.41. The molecule has 0 bridgehead atoms. The average molecular weight is 282 g/mol. The Morgan fingerprint density at radius 3 is 2.75 bits per heavy atom. The van der Waals surface area contributed by atoms with Crippen LogP contribution in [0.5, 0.6) is 0 Å². The van der Waals surface area contributed by atoms with E-state index in [1.807, 2.05) is 0 Å². The molecule has 9 heteroatoms. The lowest BCUT2D eigenvalue weighted by atomic mass is 9.99. The van der Waals surface area contributed by atoms with E-state index < -0.39 is 16.8 Å². The molecule has 1 saturated heterocycles. The van der Waals surface area contributed by atoms with E-state index >= 15 is 0 Å². The largest absolute Gasteiger partial charge is 0.481 e. The van der Waals surface area contributed by atoms with Crippen LogP contribution in [0, 0.1) is 22.0 Å². The highest BCUT2D eigenvalue weighted by molar-refractivity contribution is 5.78. The first kappa shape index (κ1) is 14.0. The maximum atomic E-state index is 12.0. The van der Waals surface area contributed by atoms with Crippen molar-refractivity contribution in [3.63, 3.8) is 0 Å². The summed E-state index contributed by atoms with van der Waals surface area (Å²) >= 11 is 0. The molecule has 2 heterocycles. The molecule has 1 aliphatic heterocycles. The second kappa shape index (κ2) is 5.27. The predicted octanol–water partition coefficient (Wildman–Crippen LogP) is -0.0296. The molecule has 20 heavy (non-hydrogen) atoms. The number of hydrogen-bond donors (Lipinski definition) is 1.